The van der Waals surface area contributed by atoms with E-state index in [4.69, 9.17) is 0 Å². The molecule has 0 amide bonds. The van der Waals surface area contributed by atoms with Crippen molar-refractivity contribution in [2.24, 2.45) is 0 Å². The third kappa shape index (κ3) is 1.75. The smallest absolute Gasteiger partial charge is 0.0585 e. The summed E-state index contributed by atoms with van der Waals surface area (Å²) in [4.78, 5) is 0. The van der Waals surface area contributed by atoms with E-state index in [0.29, 0.717) is 0 Å². The average molecular weight is 329 g/mol. The van der Waals surface area contributed by atoms with Gasteiger partial charge in [0.2, 0.25) is 0 Å². The first kappa shape index (κ1) is 14.1. The number of rotatable bonds is 1. The molecule has 0 aliphatic rings. The number of aromatic nitrogens is 1. The predicted octanol–water partition coefficient (Wildman–Crippen LogP) is 6.80. The van der Waals surface area contributed by atoms with Gasteiger partial charge in [-0.25, -0.2) is 0 Å². The van der Waals surface area contributed by atoms with Crippen LogP contribution in [0.3, 0.4) is 0 Å². The first-order valence-corrected chi connectivity index (χ1v) is 9.33. The van der Waals surface area contributed by atoms with E-state index in [2.05, 4.69) is 73.9 Å². The number of hydrogen-bond donors (Lipinski definition) is 0. The maximum atomic E-state index is 2.49. The molecule has 3 aromatic carbocycles. The molecule has 118 valence electrons. The minimum Gasteiger partial charge on any atom is -0.340 e. The van der Waals surface area contributed by atoms with Gasteiger partial charge in [-0.1, -0.05) is 29.3 Å². The molecule has 0 aliphatic heterocycles. The Labute approximate surface area is 145 Å². The van der Waals surface area contributed by atoms with Gasteiger partial charge in [0.1, 0.15) is 0 Å². The van der Waals surface area contributed by atoms with Gasteiger partial charge in [-0.2, -0.15) is 0 Å². The van der Waals surface area contributed by atoms with Crippen molar-refractivity contribution in [2.45, 2.75) is 27.3 Å². The van der Waals surface area contributed by atoms with Crippen LogP contribution in [-0.2, 0) is 6.54 Å². The van der Waals surface area contributed by atoms with E-state index < -0.39 is 0 Å². The van der Waals surface area contributed by atoms with Crippen LogP contribution in [0.15, 0.2) is 48.5 Å². The number of hydrogen-bond acceptors (Lipinski definition) is 1. The molecule has 0 N–H and O–H groups in total. The van der Waals surface area contributed by atoms with Gasteiger partial charge in [0.25, 0.3) is 0 Å². The molecule has 0 aliphatic carbocycles. The zero-order valence-electron chi connectivity index (χ0n) is 14.2. The Hall–Kier alpha value is -2.32. The van der Waals surface area contributed by atoms with Gasteiger partial charge in [-0.05, 0) is 51.1 Å². The zero-order valence-corrected chi connectivity index (χ0v) is 15.0. The fourth-order valence-electron chi connectivity index (χ4n) is 4.01. The molecule has 0 unspecified atom stereocenters. The molecule has 0 spiro atoms. The molecule has 2 heterocycles. The molecule has 24 heavy (non-hydrogen) atoms. The molecular formula is C22H19NS. The van der Waals surface area contributed by atoms with Crippen LogP contribution in [0.4, 0.5) is 0 Å². The van der Waals surface area contributed by atoms with Gasteiger partial charge in [-0.3, -0.25) is 0 Å². The van der Waals surface area contributed by atoms with Crippen molar-refractivity contribution in [2.75, 3.05) is 0 Å². The second-order valence-electron chi connectivity index (χ2n) is 6.70. The van der Waals surface area contributed by atoms with Crippen molar-refractivity contribution >= 4 is 53.3 Å². The van der Waals surface area contributed by atoms with E-state index in [1.165, 1.54) is 53.1 Å². The maximum absolute atomic E-state index is 2.49. The van der Waals surface area contributed by atoms with E-state index in [9.17, 15) is 0 Å². The van der Waals surface area contributed by atoms with Gasteiger partial charge in [0.15, 0.2) is 0 Å². The van der Waals surface area contributed by atoms with E-state index >= 15 is 0 Å². The van der Waals surface area contributed by atoms with E-state index in [1.807, 2.05) is 11.3 Å². The van der Waals surface area contributed by atoms with Crippen LogP contribution in [-0.4, -0.2) is 4.57 Å². The maximum Gasteiger partial charge on any atom is 0.0585 e. The molecular weight excluding hydrogens is 310 g/mol. The number of aryl methyl sites for hydroxylation is 3. The highest BCUT2D eigenvalue weighted by Crippen LogP contribution is 2.42. The van der Waals surface area contributed by atoms with Gasteiger partial charge in [0, 0.05) is 43.0 Å². The van der Waals surface area contributed by atoms with E-state index in [1.54, 1.807) is 0 Å². The monoisotopic (exact) mass is 329 g/mol. The topological polar surface area (TPSA) is 4.93 Å². The van der Waals surface area contributed by atoms with Crippen LogP contribution in [0.2, 0.25) is 0 Å². The molecule has 0 atom stereocenters. The van der Waals surface area contributed by atoms with Crippen molar-refractivity contribution in [3.8, 4) is 0 Å². The minimum atomic E-state index is 0.991. The molecule has 2 aromatic heterocycles. The molecule has 0 bridgehead atoms. The van der Waals surface area contributed by atoms with Crippen LogP contribution in [0, 0.1) is 13.8 Å². The highest BCUT2D eigenvalue weighted by molar-refractivity contribution is 7.26. The Kier molecular flexibility index (Phi) is 2.84. The summed E-state index contributed by atoms with van der Waals surface area (Å²) in [6.45, 7) is 7.60. The number of benzene rings is 3. The summed E-state index contributed by atoms with van der Waals surface area (Å²) in [5.74, 6) is 0. The average Bonchev–Trinajstić information content (AvgIpc) is 3.09. The molecule has 2 heteroatoms. The molecule has 1 nitrogen and oxygen atoms in total. The summed E-state index contributed by atoms with van der Waals surface area (Å²) in [6, 6.07) is 18.3. The summed E-state index contributed by atoms with van der Waals surface area (Å²) in [5, 5.41) is 5.58. The van der Waals surface area contributed by atoms with Crippen LogP contribution in [0.1, 0.15) is 18.1 Å². The Balaban J connectivity index is 2.12. The van der Waals surface area contributed by atoms with E-state index in [0.717, 1.165) is 6.54 Å². The first-order valence-electron chi connectivity index (χ1n) is 8.52. The van der Waals surface area contributed by atoms with Crippen molar-refractivity contribution in [1.82, 2.24) is 4.57 Å². The van der Waals surface area contributed by atoms with Crippen LogP contribution in [0.5, 0.6) is 0 Å². The summed E-state index contributed by atoms with van der Waals surface area (Å²) in [6.07, 6.45) is 0. The Bertz CT molecular complexity index is 1250. The van der Waals surface area contributed by atoms with Crippen LogP contribution < -0.4 is 0 Å². The Morgan fingerprint density at radius 2 is 1.50 bits per heavy atom. The SMILES string of the molecule is CCn1c2ccc(C)cc2c2ccc3sc4ccc(C)cc4c3c21. The number of thiophene rings is 1. The second kappa shape index (κ2) is 4.84. The van der Waals surface area contributed by atoms with E-state index in [-0.39, 0.29) is 0 Å². The molecule has 5 aromatic rings. The summed E-state index contributed by atoms with van der Waals surface area (Å²) >= 11 is 1.90. The quantitative estimate of drug-likeness (QED) is 0.319. The normalized spacial score (nSPS) is 12.1. The van der Waals surface area contributed by atoms with Crippen LogP contribution in [0.25, 0.3) is 42.0 Å². The second-order valence-corrected chi connectivity index (χ2v) is 7.79. The predicted molar refractivity (Wildman–Crippen MR) is 107 cm³/mol. The highest BCUT2D eigenvalue weighted by atomic mass is 32.1. The third-order valence-corrected chi connectivity index (χ3v) is 6.22. The minimum absolute atomic E-state index is 0.991. The third-order valence-electron chi connectivity index (χ3n) is 5.08. The lowest BCUT2D eigenvalue weighted by Crippen LogP contribution is -1.93. The first-order chi connectivity index (χ1) is 11.7. The lowest BCUT2D eigenvalue weighted by molar-refractivity contribution is 0.829. The molecule has 0 radical (unpaired) electrons. The van der Waals surface area contributed by atoms with Crippen LogP contribution >= 0.6 is 11.3 Å². The van der Waals surface area contributed by atoms with Gasteiger partial charge >= 0.3 is 0 Å². The molecule has 0 fully saturated rings. The molecule has 0 saturated carbocycles. The van der Waals surface area contributed by atoms with Crippen molar-refractivity contribution < 1.29 is 0 Å². The summed E-state index contributed by atoms with van der Waals surface area (Å²) in [7, 11) is 0. The lowest BCUT2D eigenvalue weighted by Gasteiger charge is -2.05. The fraction of sp³-hybridized carbons (Fsp3) is 0.182. The van der Waals surface area contributed by atoms with Gasteiger partial charge < -0.3 is 4.57 Å². The van der Waals surface area contributed by atoms with Crippen molar-refractivity contribution in [3.05, 3.63) is 59.7 Å². The largest absolute Gasteiger partial charge is 0.340 e. The number of nitrogens with zero attached hydrogens (tertiary/aromatic N) is 1. The summed E-state index contributed by atoms with van der Waals surface area (Å²) in [5.41, 5.74) is 5.39. The van der Waals surface area contributed by atoms with Crippen molar-refractivity contribution in [1.29, 1.82) is 0 Å². The highest BCUT2D eigenvalue weighted by Gasteiger charge is 2.16. The van der Waals surface area contributed by atoms with Gasteiger partial charge in [0.05, 0.1) is 5.52 Å². The zero-order chi connectivity index (χ0) is 16.4. The standard InChI is InChI=1S/C22H19NS/c1-4-23-18-8-5-13(2)11-16(18)15-7-10-20-21(22(15)23)17-12-14(3)6-9-19(17)24-20/h5-12H,4H2,1-3H3. The lowest BCUT2D eigenvalue weighted by atomic mass is 10.1. The van der Waals surface area contributed by atoms with Gasteiger partial charge in [-0.15, -0.1) is 11.3 Å². The fourth-order valence-corrected chi connectivity index (χ4v) is 5.10. The number of fused-ring (bicyclic) bond motifs is 7. The summed E-state index contributed by atoms with van der Waals surface area (Å²) < 4.78 is 5.26. The Morgan fingerprint density at radius 3 is 2.29 bits per heavy atom. The molecule has 5 rings (SSSR count). The Morgan fingerprint density at radius 1 is 0.792 bits per heavy atom. The van der Waals surface area contributed by atoms with Crippen molar-refractivity contribution in [3.63, 3.8) is 0 Å². The molecule has 0 saturated heterocycles.